The van der Waals surface area contributed by atoms with Gasteiger partial charge in [-0.25, -0.2) is 9.59 Å². The third-order valence-electron chi connectivity index (χ3n) is 2.89. The van der Waals surface area contributed by atoms with Crippen molar-refractivity contribution in [1.29, 1.82) is 0 Å². The Hall–Kier alpha value is -1.85. The Labute approximate surface area is 99.1 Å². The van der Waals surface area contributed by atoms with Crippen molar-refractivity contribution in [3.63, 3.8) is 0 Å². The van der Waals surface area contributed by atoms with Crippen molar-refractivity contribution in [2.24, 2.45) is 0 Å². The standard InChI is InChI=1S/C11H16N2O4/c1-6(7(2)10(15)16)9(14)13-11(17)12-8-4-3-5-8/h8H,3-5H2,1-2H3,(H,15,16)(H2,12,13,14,17)/b7-6-. The molecule has 17 heavy (non-hydrogen) atoms. The predicted octanol–water partition coefficient (Wildman–Crippen LogP) is 0.786. The summed E-state index contributed by atoms with van der Waals surface area (Å²) in [6.07, 6.45) is 2.92. The first-order valence-corrected chi connectivity index (χ1v) is 5.44. The molecule has 0 heterocycles. The molecule has 1 aliphatic carbocycles. The highest BCUT2D eigenvalue weighted by atomic mass is 16.4. The zero-order chi connectivity index (χ0) is 13.0. The van der Waals surface area contributed by atoms with Crippen LogP contribution in [0.1, 0.15) is 33.1 Å². The molecule has 1 fully saturated rings. The fraction of sp³-hybridized carbons (Fsp3) is 0.545. The van der Waals surface area contributed by atoms with Gasteiger partial charge in [0.05, 0.1) is 0 Å². The lowest BCUT2D eigenvalue weighted by atomic mass is 9.93. The van der Waals surface area contributed by atoms with Gasteiger partial charge in [-0.15, -0.1) is 0 Å². The van der Waals surface area contributed by atoms with Gasteiger partial charge in [-0.05, 0) is 33.1 Å². The van der Waals surface area contributed by atoms with Crippen LogP contribution in [0.2, 0.25) is 0 Å². The van der Waals surface area contributed by atoms with Crippen LogP contribution in [0.15, 0.2) is 11.1 Å². The average Bonchev–Trinajstić information content (AvgIpc) is 2.21. The first-order chi connectivity index (χ1) is 7.91. The Bertz CT molecular complexity index is 383. The largest absolute Gasteiger partial charge is 0.478 e. The van der Waals surface area contributed by atoms with E-state index >= 15 is 0 Å². The number of carbonyl (C=O) groups is 3. The van der Waals surface area contributed by atoms with Crippen LogP contribution in [-0.4, -0.2) is 29.1 Å². The van der Waals surface area contributed by atoms with E-state index < -0.39 is 17.9 Å². The first kappa shape index (κ1) is 13.2. The van der Waals surface area contributed by atoms with Gasteiger partial charge in [0.15, 0.2) is 0 Å². The number of aliphatic carboxylic acids is 1. The molecule has 0 spiro atoms. The highest BCUT2D eigenvalue weighted by Crippen LogP contribution is 2.17. The van der Waals surface area contributed by atoms with Crippen LogP contribution in [0.25, 0.3) is 0 Å². The summed E-state index contributed by atoms with van der Waals surface area (Å²) >= 11 is 0. The van der Waals surface area contributed by atoms with Crippen LogP contribution in [0.4, 0.5) is 4.79 Å². The zero-order valence-electron chi connectivity index (χ0n) is 9.87. The molecular formula is C11H16N2O4. The van der Waals surface area contributed by atoms with E-state index in [1.165, 1.54) is 13.8 Å². The summed E-state index contributed by atoms with van der Waals surface area (Å²) in [7, 11) is 0. The molecule has 1 saturated carbocycles. The minimum atomic E-state index is -1.17. The van der Waals surface area contributed by atoms with Gasteiger partial charge in [0.25, 0.3) is 5.91 Å². The summed E-state index contributed by atoms with van der Waals surface area (Å²) in [6, 6.07) is -0.440. The number of carboxylic acids is 1. The molecule has 0 aromatic rings. The van der Waals surface area contributed by atoms with Crippen molar-refractivity contribution in [3.8, 4) is 0 Å². The summed E-state index contributed by atoms with van der Waals surface area (Å²) in [6.45, 7) is 2.69. The van der Waals surface area contributed by atoms with Crippen LogP contribution in [0, 0.1) is 0 Å². The molecule has 0 unspecified atom stereocenters. The molecule has 3 N–H and O–H groups in total. The van der Waals surface area contributed by atoms with E-state index in [1.807, 2.05) is 0 Å². The lowest BCUT2D eigenvalue weighted by molar-refractivity contribution is -0.133. The molecule has 1 aliphatic rings. The number of carboxylic acid groups (broad SMARTS) is 1. The molecule has 94 valence electrons. The van der Waals surface area contributed by atoms with E-state index in [1.54, 1.807) is 0 Å². The number of rotatable bonds is 3. The molecule has 0 aliphatic heterocycles. The zero-order valence-corrected chi connectivity index (χ0v) is 9.87. The van der Waals surface area contributed by atoms with Crippen LogP contribution in [0.5, 0.6) is 0 Å². The number of nitrogens with one attached hydrogen (secondary N) is 2. The number of hydrogen-bond donors (Lipinski definition) is 3. The van der Waals surface area contributed by atoms with E-state index in [0.29, 0.717) is 0 Å². The minimum absolute atomic E-state index is 0.0289. The molecule has 0 saturated heterocycles. The molecule has 0 aromatic heterocycles. The van der Waals surface area contributed by atoms with Crippen LogP contribution in [0.3, 0.4) is 0 Å². The molecule has 6 heteroatoms. The average molecular weight is 240 g/mol. The van der Waals surface area contributed by atoms with Crippen molar-refractivity contribution in [2.75, 3.05) is 0 Å². The smallest absolute Gasteiger partial charge is 0.331 e. The van der Waals surface area contributed by atoms with E-state index in [9.17, 15) is 14.4 Å². The van der Waals surface area contributed by atoms with Crippen LogP contribution in [-0.2, 0) is 9.59 Å². The Morgan fingerprint density at radius 2 is 1.71 bits per heavy atom. The summed E-state index contributed by atoms with van der Waals surface area (Å²) in [5, 5.41) is 13.4. The molecule has 1 rings (SSSR count). The molecule has 3 amide bonds. The highest BCUT2D eigenvalue weighted by Gasteiger charge is 2.21. The number of amides is 3. The van der Waals surface area contributed by atoms with Crippen molar-refractivity contribution in [1.82, 2.24) is 10.6 Å². The molecule has 0 aromatic carbocycles. The number of imide groups is 1. The molecule has 0 atom stereocenters. The van der Waals surface area contributed by atoms with E-state index in [0.717, 1.165) is 19.3 Å². The Morgan fingerprint density at radius 3 is 2.12 bits per heavy atom. The second-order valence-electron chi connectivity index (χ2n) is 4.11. The summed E-state index contributed by atoms with van der Waals surface area (Å²) in [5.41, 5.74) is -0.0415. The quantitative estimate of drug-likeness (QED) is 0.635. The van der Waals surface area contributed by atoms with Crippen molar-refractivity contribution in [2.45, 2.75) is 39.2 Å². The maximum Gasteiger partial charge on any atom is 0.331 e. The highest BCUT2D eigenvalue weighted by molar-refractivity contribution is 6.07. The normalized spacial score (nSPS) is 16.6. The molecular weight excluding hydrogens is 224 g/mol. The summed E-state index contributed by atoms with van der Waals surface area (Å²) in [4.78, 5) is 33.5. The lowest BCUT2D eigenvalue weighted by Gasteiger charge is -2.26. The summed E-state index contributed by atoms with van der Waals surface area (Å²) < 4.78 is 0. The lowest BCUT2D eigenvalue weighted by Crippen LogP contribution is -2.47. The van der Waals surface area contributed by atoms with E-state index in [4.69, 9.17) is 5.11 Å². The maximum absolute atomic E-state index is 11.5. The number of urea groups is 1. The van der Waals surface area contributed by atoms with Gasteiger partial charge >= 0.3 is 12.0 Å². The van der Waals surface area contributed by atoms with E-state index in [-0.39, 0.29) is 17.2 Å². The minimum Gasteiger partial charge on any atom is -0.478 e. The Kier molecular flexibility index (Phi) is 4.25. The van der Waals surface area contributed by atoms with Gasteiger partial charge in [0.1, 0.15) is 0 Å². The van der Waals surface area contributed by atoms with Gasteiger partial charge in [-0.1, -0.05) is 0 Å². The second-order valence-corrected chi connectivity index (χ2v) is 4.11. The van der Waals surface area contributed by atoms with E-state index in [2.05, 4.69) is 10.6 Å². The van der Waals surface area contributed by atoms with Crippen LogP contribution < -0.4 is 10.6 Å². The van der Waals surface area contributed by atoms with Crippen LogP contribution >= 0.6 is 0 Å². The second kappa shape index (κ2) is 5.47. The monoisotopic (exact) mass is 240 g/mol. The summed E-state index contributed by atoms with van der Waals surface area (Å²) in [5.74, 6) is -1.85. The van der Waals surface area contributed by atoms with Gasteiger partial charge in [-0.3, -0.25) is 10.1 Å². The van der Waals surface area contributed by atoms with Crippen molar-refractivity contribution < 1.29 is 19.5 Å². The SMILES string of the molecule is C/C(C(=O)O)=C(\C)C(=O)NC(=O)NC1CCC1. The maximum atomic E-state index is 11.5. The topological polar surface area (TPSA) is 95.5 Å². The van der Waals surface area contributed by atoms with Crippen molar-refractivity contribution >= 4 is 17.9 Å². The number of carbonyl (C=O) groups excluding carboxylic acids is 2. The van der Waals surface area contributed by atoms with Gasteiger partial charge in [0.2, 0.25) is 0 Å². The number of hydrogen-bond acceptors (Lipinski definition) is 3. The molecule has 6 nitrogen and oxygen atoms in total. The Morgan fingerprint density at radius 1 is 1.12 bits per heavy atom. The fourth-order valence-electron chi connectivity index (χ4n) is 1.30. The van der Waals surface area contributed by atoms with Gasteiger partial charge < -0.3 is 10.4 Å². The van der Waals surface area contributed by atoms with Gasteiger partial charge in [0, 0.05) is 17.2 Å². The van der Waals surface area contributed by atoms with Gasteiger partial charge in [-0.2, -0.15) is 0 Å². The third-order valence-corrected chi connectivity index (χ3v) is 2.89. The predicted molar refractivity (Wildman–Crippen MR) is 60.3 cm³/mol. The first-order valence-electron chi connectivity index (χ1n) is 5.44. The molecule has 0 bridgehead atoms. The fourth-order valence-corrected chi connectivity index (χ4v) is 1.30. The van der Waals surface area contributed by atoms with Crippen molar-refractivity contribution in [3.05, 3.63) is 11.1 Å². The Balaban J connectivity index is 2.50. The molecule has 0 radical (unpaired) electrons. The third kappa shape index (κ3) is 3.58.